The van der Waals surface area contributed by atoms with Gasteiger partial charge in [-0.3, -0.25) is 0 Å². The molecule has 4 N–H and O–H groups in total. The largest absolute Gasteiger partial charge is 0.492 e. The zero-order chi connectivity index (χ0) is 24.1. The van der Waals surface area contributed by atoms with Crippen LogP contribution in [0, 0.1) is 0 Å². The number of carboxylic acid groups (broad SMARTS) is 1. The summed E-state index contributed by atoms with van der Waals surface area (Å²) in [7, 11) is 8.02. The number of aliphatic carboxylic acids is 1. The molecule has 0 aliphatic heterocycles. The SMILES string of the molecule is CN(C)CCOc1ccc(N)cc1.CN(C)CCOc1ccc(NC(C)(C)C(=O)O)cc1. The minimum absolute atomic E-state index is 0.625. The van der Waals surface area contributed by atoms with Crippen molar-refractivity contribution in [2.45, 2.75) is 19.4 Å². The fourth-order valence-electron chi connectivity index (χ4n) is 2.30. The van der Waals surface area contributed by atoms with Gasteiger partial charge in [-0.1, -0.05) is 0 Å². The van der Waals surface area contributed by atoms with Crippen LogP contribution in [-0.2, 0) is 4.79 Å². The lowest BCUT2D eigenvalue weighted by Crippen LogP contribution is -2.39. The van der Waals surface area contributed by atoms with Crippen LogP contribution in [0.5, 0.6) is 11.5 Å². The number of nitrogen functional groups attached to an aromatic ring is 1. The molecule has 0 unspecified atom stereocenters. The van der Waals surface area contributed by atoms with Gasteiger partial charge in [-0.15, -0.1) is 0 Å². The molecule has 32 heavy (non-hydrogen) atoms. The van der Waals surface area contributed by atoms with Crippen LogP contribution in [0.2, 0.25) is 0 Å². The molecule has 0 spiro atoms. The first kappa shape index (κ1) is 27.1. The molecule has 0 bridgehead atoms. The molecule has 2 aromatic rings. The van der Waals surface area contributed by atoms with Crippen molar-refractivity contribution in [3.8, 4) is 11.5 Å². The van der Waals surface area contributed by atoms with Crippen LogP contribution < -0.4 is 20.5 Å². The number of nitrogens with two attached hydrogens (primary N) is 1. The van der Waals surface area contributed by atoms with E-state index in [1.807, 2.05) is 81.6 Å². The first-order valence-corrected chi connectivity index (χ1v) is 10.5. The summed E-state index contributed by atoms with van der Waals surface area (Å²) in [4.78, 5) is 15.1. The third-order valence-corrected chi connectivity index (χ3v) is 4.34. The Hall–Kier alpha value is -2.97. The monoisotopic (exact) mass is 446 g/mol. The number of hydrogen-bond donors (Lipinski definition) is 3. The van der Waals surface area contributed by atoms with Crippen molar-refractivity contribution < 1.29 is 19.4 Å². The Bertz CT molecular complexity index is 791. The van der Waals surface area contributed by atoms with Gasteiger partial charge < -0.3 is 35.4 Å². The molecule has 0 saturated carbocycles. The van der Waals surface area contributed by atoms with Crippen molar-refractivity contribution in [3.05, 3.63) is 48.5 Å². The summed E-state index contributed by atoms with van der Waals surface area (Å²) in [6.07, 6.45) is 0. The average molecular weight is 447 g/mol. The van der Waals surface area contributed by atoms with Crippen LogP contribution in [0.1, 0.15) is 13.8 Å². The molecular formula is C24H38N4O4. The van der Waals surface area contributed by atoms with Crippen molar-refractivity contribution in [2.75, 3.05) is 65.5 Å². The van der Waals surface area contributed by atoms with E-state index >= 15 is 0 Å². The van der Waals surface area contributed by atoms with Gasteiger partial charge in [0.05, 0.1) is 0 Å². The zero-order valence-electron chi connectivity index (χ0n) is 20.1. The summed E-state index contributed by atoms with van der Waals surface area (Å²) >= 11 is 0. The Morgan fingerprint density at radius 1 is 0.875 bits per heavy atom. The maximum atomic E-state index is 11.0. The lowest BCUT2D eigenvalue weighted by Gasteiger charge is -2.22. The molecule has 2 rings (SSSR count). The summed E-state index contributed by atoms with van der Waals surface area (Å²) in [5.41, 5.74) is 6.07. The smallest absolute Gasteiger partial charge is 0.328 e. The van der Waals surface area contributed by atoms with E-state index in [1.165, 1.54) is 0 Å². The van der Waals surface area contributed by atoms with Crippen LogP contribution >= 0.6 is 0 Å². The van der Waals surface area contributed by atoms with Gasteiger partial charge in [-0.25, -0.2) is 4.79 Å². The molecule has 8 heteroatoms. The third-order valence-electron chi connectivity index (χ3n) is 4.34. The fourth-order valence-corrected chi connectivity index (χ4v) is 2.30. The molecule has 0 amide bonds. The van der Waals surface area contributed by atoms with Crippen molar-refractivity contribution in [1.29, 1.82) is 0 Å². The maximum absolute atomic E-state index is 11.0. The number of carboxylic acids is 1. The summed E-state index contributed by atoms with van der Waals surface area (Å²) in [5.74, 6) is 0.760. The third kappa shape index (κ3) is 11.4. The molecule has 0 aromatic heterocycles. The Balaban J connectivity index is 0.000000343. The summed E-state index contributed by atoms with van der Waals surface area (Å²) in [6, 6.07) is 14.7. The van der Waals surface area contributed by atoms with Crippen molar-refractivity contribution in [3.63, 3.8) is 0 Å². The van der Waals surface area contributed by atoms with Gasteiger partial charge in [0.2, 0.25) is 0 Å². The number of nitrogens with one attached hydrogen (secondary N) is 1. The second kappa shape index (κ2) is 13.4. The molecule has 2 aromatic carbocycles. The second-order valence-electron chi connectivity index (χ2n) is 8.45. The maximum Gasteiger partial charge on any atom is 0.328 e. The predicted molar refractivity (Wildman–Crippen MR) is 131 cm³/mol. The molecule has 0 heterocycles. The molecule has 0 fully saturated rings. The van der Waals surface area contributed by atoms with Crippen LogP contribution in [0.4, 0.5) is 11.4 Å². The fraction of sp³-hybridized carbons (Fsp3) is 0.458. The van der Waals surface area contributed by atoms with E-state index in [-0.39, 0.29) is 0 Å². The highest BCUT2D eigenvalue weighted by atomic mass is 16.5. The number of carbonyl (C=O) groups is 1. The number of hydrogen-bond acceptors (Lipinski definition) is 7. The lowest BCUT2D eigenvalue weighted by molar-refractivity contribution is -0.141. The van der Waals surface area contributed by atoms with Gasteiger partial charge in [-0.2, -0.15) is 0 Å². The highest BCUT2D eigenvalue weighted by molar-refractivity contribution is 5.81. The van der Waals surface area contributed by atoms with Crippen molar-refractivity contribution in [2.24, 2.45) is 0 Å². The van der Waals surface area contributed by atoms with Crippen molar-refractivity contribution >= 4 is 17.3 Å². The second-order valence-corrected chi connectivity index (χ2v) is 8.45. The highest BCUT2D eigenvalue weighted by Gasteiger charge is 2.26. The summed E-state index contributed by atoms with van der Waals surface area (Å²) in [6.45, 7) is 6.35. The number of ether oxygens (including phenoxy) is 2. The summed E-state index contributed by atoms with van der Waals surface area (Å²) < 4.78 is 11.0. The summed E-state index contributed by atoms with van der Waals surface area (Å²) in [5, 5.41) is 12.0. The van der Waals surface area contributed by atoms with E-state index < -0.39 is 11.5 Å². The van der Waals surface area contributed by atoms with Gasteiger partial charge >= 0.3 is 5.97 Å². The number of nitrogens with zero attached hydrogens (tertiary/aromatic N) is 2. The van der Waals surface area contributed by atoms with Crippen LogP contribution in [0.15, 0.2) is 48.5 Å². The van der Waals surface area contributed by atoms with Crippen molar-refractivity contribution in [1.82, 2.24) is 9.80 Å². The average Bonchev–Trinajstić information content (AvgIpc) is 2.70. The van der Waals surface area contributed by atoms with Gasteiger partial charge in [0.1, 0.15) is 30.3 Å². The standard InChI is InChI=1S/C14H22N2O3.C10H16N2O/c1-14(2,13(17)18)15-11-5-7-12(8-6-11)19-10-9-16(3)4;1-12(2)7-8-13-10-5-3-9(11)4-6-10/h5-8,15H,9-10H2,1-4H3,(H,17,18);3-6H,7-8,11H2,1-2H3. The molecule has 0 atom stereocenters. The Labute approximate surface area is 191 Å². The number of benzene rings is 2. The molecule has 0 saturated heterocycles. The van der Waals surface area contributed by atoms with Crippen LogP contribution in [0.3, 0.4) is 0 Å². The van der Waals surface area contributed by atoms with E-state index in [1.54, 1.807) is 13.8 Å². The van der Waals surface area contributed by atoms with Crippen LogP contribution in [0.25, 0.3) is 0 Å². The number of anilines is 2. The lowest BCUT2D eigenvalue weighted by atomic mass is 10.1. The topological polar surface area (TPSA) is 100 Å². The van der Waals surface area contributed by atoms with Gasteiger partial charge in [-0.05, 0) is 90.6 Å². The highest BCUT2D eigenvalue weighted by Crippen LogP contribution is 2.19. The normalized spacial score (nSPS) is 11.0. The van der Waals surface area contributed by atoms with E-state index in [9.17, 15) is 4.79 Å². The van der Waals surface area contributed by atoms with E-state index in [4.69, 9.17) is 20.3 Å². The number of rotatable bonds is 11. The molecule has 0 radical (unpaired) electrons. The van der Waals surface area contributed by atoms with Gasteiger partial charge in [0.25, 0.3) is 0 Å². The molecule has 0 aliphatic carbocycles. The minimum Gasteiger partial charge on any atom is -0.492 e. The van der Waals surface area contributed by atoms with E-state index in [0.29, 0.717) is 13.2 Å². The van der Waals surface area contributed by atoms with Gasteiger partial charge in [0, 0.05) is 24.5 Å². The molecule has 8 nitrogen and oxygen atoms in total. The first-order valence-electron chi connectivity index (χ1n) is 10.5. The first-order chi connectivity index (χ1) is 15.0. The van der Waals surface area contributed by atoms with E-state index in [2.05, 4.69) is 10.2 Å². The van der Waals surface area contributed by atoms with Crippen LogP contribution in [-0.4, -0.2) is 80.9 Å². The molecule has 0 aliphatic rings. The van der Waals surface area contributed by atoms with E-state index in [0.717, 1.165) is 36.0 Å². The quantitative estimate of drug-likeness (QED) is 0.453. The Morgan fingerprint density at radius 2 is 1.28 bits per heavy atom. The molecule has 178 valence electrons. The number of likely N-dealkylation sites (N-methyl/N-ethyl adjacent to an activating group) is 2. The predicted octanol–water partition coefficient (Wildman–Crippen LogP) is 3.11. The zero-order valence-corrected chi connectivity index (χ0v) is 20.1. The Kier molecular flexibility index (Phi) is 11.4. The molecular weight excluding hydrogens is 408 g/mol. The Morgan fingerprint density at radius 3 is 1.66 bits per heavy atom. The van der Waals surface area contributed by atoms with Gasteiger partial charge in [0.15, 0.2) is 0 Å². The minimum atomic E-state index is -0.993.